The van der Waals surface area contributed by atoms with E-state index in [0.717, 1.165) is 22.4 Å². The molecule has 1 aromatic carbocycles. The van der Waals surface area contributed by atoms with Gasteiger partial charge >= 0.3 is 13.3 Å². The molecule has 41 heavy (non-hydrogen) atoms. The fourth-order valence-electron chi connectivity index (χ4n) is 4.18. The first kappa shape index (κ1) is 32.3. The van der Waals surface area contributed by atoms with E-state index in [-0.39, 0.29) is 44.7 Å². The summed E-state index contributed by atoms with van der Waals surface area (Å²) in [5.41, 5.74) is -0.347. The van der Waals surface area contributed by atoms with E-state index in [1.165, 1.54) is 0 Å². The number of benzene rings is 1. The highest BCUT2D eigenvalue weighted by atomic mass is 31.2. The number of anilines is 1. The third-order valence-electron chi connectivity index (χ3n) is 6.13. The van der Waals surface area contributed by atoms with Crippen molar-refractivity contribution in [2.24, 2.45) is 0 Å². The Morgan fingerprint density at radius 3 is 2.37 bits per heavy atom. The van der Waals surface area contributed by atoms with Crippen molar-refractivity contribution >= 4 is 25.1 Å². The van der Waals surface area contributed by atoms with Gasteiger partial charge in [-0.15, -0.1) is 0 Å². The summed E-state index contributed by atoms with van der Waals surface area (Å²) >= 11 is 0. The first-order valence-corrected chi connectivity index (χ1v) is 14.8. The summed E-state index contributed by atoms with van der Waals surface area (Å²) in [6.45, 7) is 3.99. The van der Waals surface area contributed by atoms with Crippen LogP contribution < -0.4 is 21.9 Å². The van der Waals surface area contributed by atoms with Gasteiger partial charge in [0.05, 0.1) is 19.4 Å². The molecule has 0 radical (unpaired) electrons. The number of carbonyl (C=O) groups is 2. The summed E-state index contributed by atoms with van der Waals surface area (Å²) in [6.07, 6.45) is -6.85. The fourth-order valence-corrected chi connectivity index (χ4v) is 5.88. The van der Waals surface area contributed by atoms with E-state index in [4.69, 9.17) is 13.8 Å². The molecule has 226 valence electrons. The number of aliphatic hydroxyl groups is 3. The molecular formula is C25H35N4O11P. The molecule has 5 atom stereocenters. The molecule has 6 N–H and O–H groups in total. The lowest BCUT2D eigenvalue weighted by atomic mass is 10.0. The van der Waals surface area contributed by atoms with E-state index in [2.05, 4.69) is 10.6 Å². The Morgan fingerprint density at radius 2 is 1.76 bits per heavy atom. The van der Waals surface area contributed by atoms with Gasteiger partial charge in [0, 0.05) is 30.9 Å². The standard InChI is InChI=1S/C25H35N4O11P/c1-3-38-41(37,39-4-2)14-15-7-9-16(10-8-15)27-17(30)6-5-12-26-23(35)21(34)22-19(32)20(33)24(40-22)29-13-11-18(31)28-25(29)36/h7-11,13,19-22,24,32-34H,3-6,12,14H2,1-2H3,(H,26,35)(H,27,30)(H,28,31,36)/t19-,20+,21?,22-,24+/m0/s1. The van der Waals surface area contributed by atoms with Crippen molar-refractivity contribution in [1.82, 2.24) is 14.9 Å². The van der Waals surface area contributed by atoms with E-state index in [1.54, 1.807) is 38.1 Å². The number of hydrogen-bond acceptors (Lipinski definition) is 11. The van der Waals surface area contributed by atoms with Crippen LogP contribution in [0.4, 0.5) is 5.69 Å². The Morgan fingerprint density at radius 1 is 1.10 bits per heavy atom. The predicted octanol–water partition coefficient (Wildman–Crippen LogP) is -0.182. The van der Waals surface area contributed by atoms with Gasteiger partial charge in [-0.3, -0.25) is 28.5 Å². The number of aromatic nitrogens is 2. The van der Waals surface area contributed by atoms with Crippen LogP contribution in [0.25, 0.3) is 0 Å². The lowest BCUT2D eigenvalue weighted by molar-refractivity contribution is -0.143. The lowest BCUT2D eigenvalue weighted by Gasteiger charge is -2.20. The van der Waals surface area contributed by atoms with Crippen LogP contribution in [0, 0.1) is 0 Å². The second-order valence-electron chi connectivity index (χ2n) is 9.18. The maximum atomic E-state index is 12.7. The maximum absolute atomic E-state index is 12.7. The molecule has 1 aromatic heterocycles. The average molecular weight is 599 g/mol. The Hall–Kier alpha value is -3.17. The topological polar surface area (TPSA) is 219 Å². The Bertz CT molecular complexity index is 1340. The molecule has 2 aromatic rings. The molecule has 0 bridgehead atoms. The van der Waals surface area contributed by atoms with Gasteiger partial charge in [0.15, 0.2) is 12.3 Å². The van der Waals surface area contributed by atoms with Crippen LogP contribution in [0.2, 0.25) is 0 Å². The van der Waals surface area contributed by atoms with Gasteiger partial charge in [-0.25, -0.2) is 4.79 Å². The van der Waals surface area contributed by atoms with Crippen molar-refractivity contribution in [1.29, 1.82) is 0 Å². The van der Waals surface area contributed by atoms with Crippen molar-refractivity contribution in [3.63, 3.8) is 0 Å². The summed E-state index contributed by atoms with van der Waals surface area (Å²) in [4.78, 5) is 49.9. The number of nitrogens with zero attached hydrogens (tertiary/aromatic N) is 1. The average Bonchev–Trinajstić information content (AvgIpc) is 3.21. The van der Waals surface area contributed by atoms with E-state index < -0.39 is 55.4 Å². The van der Waals surface area contributed by atoms with Crippen LogP contribution in [0.15, 0.2) is 46.1 Å². The van der Waals surface area contributed by atoms with Crippen LogP contribution in [0.5, 0.6) is 0 Å². The summed E-state index contributed by atoms with van der Waals surface area (Å²) in [6, 6.07) is 7.73. The largest absolute Gasteiger partial charge is 0.387 e. The van der Waals surface area contributed by atoms with Crippen LogP contribution in [-0.2, 0) is 34.1 Å². The second kappa shape index (κ2) is 14.6. The monoisotopic (exact) mass is 598 g/mol. The molecule has 1 fully saturated rings. The molecule has 0 aliphatic carbocycles. The molecule has 0 saturated carbocycles. The van der Waals surface area contributed by atoms with Gasteiger partial charge in [-0.1, -0.05) is 12.1 Å². The molecule has 15 nitrogen and oxygen atoms in total. The van der Waals surface area contributed by atoms with Crippen LogP contribution in [0.1, 0.15) is 38.5 Å². The summed E-state index contributed by atoms with van der Waals surface area (Å²) in [7, 11) is -3.25. The van der Waals surface area contributed by atoms with E-state index >= 15 is 0 Å². The summed E-state index contributed by atoms with van der Waals surface area (Å²) in [5.74, 6) is -1.24. The lowest BCUT2D eigenvalue weighted by Crippen LogP contribution is -2.47. The van der Waals surface area contributed by atoms with Crippen molar-refractivity contribution in [3.05, 3.63) is 62.9 Å². The Balaban J connectivity index is 1.43. The van der Waals surface area contributed by atoms with Gasteiger partial charge in [0.25, 0.3) is 11.5 Å². The highest BCUT2D eigenvalue weighted by Crippen LogP contribution is 2.51. The molecular weight excluding hydrogens is 563 g/mol. The number of nitrogens with one attached hydrogen (secondary N) is 3. The molecule has 0 spiro atoms. The number of amides is 2. The molecule has 2 heterocycles. The predicted molar refractivity (Wildman–Crippen MR) is 145 cm³/mol. The zero-order valence-electron chi connectivity index (χ0n) is 22.6. The highest BCUT2D eigenvalue weighted by Gasteiger charge is 2.49. The number of hydrogen-bond donors (Lipinski definition) is 6. The summed E-state index contributed by atoms with van der Waals surface area (Å²) in [5, 5.41) is 36.1. The number of carbonyl (C=O) groups excluding carboxylic acids is 2. The summed E-state index contributed by atoms with van der Waals surface area (Å²) < 4.78 is 29.5. The van der Waals surface area contributed by atoms with Gasteiger partial charge in [0.1, 0.15) is 18.3 Å². The first-order valence-electron chi connectivity index (χ1n) is 13.0. The number of aliphatic hydroxyl groups excluding tert-OH is 3. The number of ether oxygens (including phenoxy) is 1. The zero-order valence-corrected chi connectivity index (χ0v) is 23.5. The number of rotatable bonds is 14. The van der Waals surface area contributed by atoms with Gasteiger partial charge in [0.2, 0.25) is 5.91 Å². The van der Waals surface area contributed by atoms with Gasteiger partial charge in [-0.05, 0) is 38.0 Å². The smallest absolute Gasteiger partial charge is 0.335 e. The van der Waals surface area contributed by atoms with Crippen molar-refractivity contribution < 1.29 is 43.3 Å². The van der Waals surface area contributed by atoms with Gasteiger partial charge in [-0.2, -0.15) is 0 Å². The molecule has 1 unspecified atom stereocenters. The van der Waals surface area contributed by atoms with Crippen LogP contribution in [-0.4, -0.2) is 80.9 Å². The minimum atomic E-state index is -3.25. The number of H-pyrrole nitrogens is 1. The molecule has 1 aliphatic rings. The molecule has 3 rings (SSSR count). The minimum absolute atomic E-state index is 0.0145. The van der Waals surface area contributed by atoms with Crippen molar-refractivity contribution in [3.8, 4) is 0 Å². The van der Waals surface area contributed by atoms with Crippen LogP contribution >= 0.6 is 7.60 Å². The zero-order chi connectivity index (χ0) is 30.2. The maximum Gasteiger partial charge on any atom is 0.335 e. The number of aromatic amines is 1. The second-order valence-corrected chi connectivity index (χ2v) is 11.2. The van der Waals surface area contributed by atoms with Crippen molar-refractivity contribution in [2.45, 2.75) is 63.5 Å². The SMILES string of the molecule is CCOP(=O)(Cc1ccc(NC(=O)CCCNC(=O)C(O)[C@H]2O[C@@H](n3ccc(=O)[nH]c3=O)[C@H](O)[C@@H]2O)cc1)OCC. The van der Waals surface area contributed by atoms with Gasteiger partial charge < -0.3 is 39.7 Å². The van der Waals surface area contributed by atoms with Crippen LogP contribution in [0.3, 0.4) is 0 Å². The quantitative estimate of drug-likeness (QED) is 0.124. The minimum Gasteiger partial charge on any atom is -0.387 e. The molecule has 1 aliphatic heterocycles. The Labute approximate surface area is 235 Å². The van der Waals surface area contributed by atoms with E-state index in [0.29, 0.717) is 5.69 Å². The van der Waals surface area contributed by atoms with Crippen molar-refractivity contribution in [2.75, 3.05) is 25.1 Å². The Kier molecular flexibility index (Phi) is 11.5. The highest BCUT2D eigenvalue weighted by molar-refractivity contribution is 7.53. The van der Waals surface area contributed by atoms with E-state index in [9.17, 15) is 39.1 Å². The third kappa shape index (κ3) is 8.66. The molecule has 1 saturated heterocycles. The fraction of sp³-hybridized carbons (Fsp3) is 0.520. The van der Waals surface area contributed by atoms with E-state index in [1.807, 2.05) is 4.98 Å². The first-order chi connectivity index (χ1) is 19.5. The molecule has 2 amide bonds. The normalized spacial score (nSPS) is 21.4. The third-order valence-corrected chi connectivity index (χ3v) is 8.18. The molecule has 16 heteroatoms.